The zero-order valence-electron chi connectivity index (χ0n) is 44.1. The van der Waals surface area contributed by atoms with Crippen molar-refractivity contribution in [3.05, 3.63) is 224 Å². The van der Waals surface area contributed by atoms with Gasteiger partial charge in [-0.15, -0.1) is 0 Å². The number of nitrogens with zero attached hydrogens (tertiary/aromatic N) is 1. The minimum Gasteiger partial charge on any atom is -0.310 e. The predicted molar refractivity (Wildman–Crippen MR) is 235 cm³/mol. The first-order valence-electron chi connectivity index (χ1n) is 25.2. The molecule has 258 valence electrons. The second kappa shape index (κ2) is 14.0. The molecule has 0 aliphatic rings. The fraction of sp³-hybridized carbons (Fsp3) is 0. The lowest BCUT2D eigenvalue weighted by Gasteiger charge is -2.27. The summed E-state index contributed by atoms with van der Waals surface area (Å²) in [6.07, 6.45) is 0. The summed E-state index contributed by atoms with van der Waals surface area (Å²) in [6, 6.07) is 30.1. The van der Waals surface area contributed by atoms with Crippen molar-refractivity contribution in [1.82, 2.24) is 0 Å². The van der Waals surface area contributed by atoms with E-state index in [1.807, 2.05) is 97.1 Å². The normalized spacial score (nSPS) is 15.1. The van der Waals surface area contributed by atoms with E-state index in [2.05, 4.69) is 0 Å². The second-order valence-electron chi connectivity index (χ2n) is 13.0. The Balaban J connectivity index is 1.27. The third-order valence-electron chi connectivity index (χ3n) is 9.71. The van der Waals surface area contributed by atoms with Gasteiger partial charge in [-0.25, -0.2) is 0 Å². The first-order chi connectivity index (χ1) is 33.5. The molecule has 0 spiro atoms. The summed E-state index contributed by atoms with van der Waals surface area (Å²) in [6.45, 7) is 0. The van der Waals surface area contributed by atoms with Crippen molar-refractivity contribution in [3.63, 3.8) is 0 Å². The Labute approximate surface area is 343 Å². The predicted octanol–water partition coefficient (Wildman–Crippen LogP) is 15.3. The van der Waals surface area contributed by atoms with E-state index in [1.165, 1.54) is 0 Å². The summed E-state index contributed by atoms with van der Waals surface area (Å²) >= 11 is 0. The van der Waals surface area contributed by atoms with Gasteiger partial charge < -0.3 is 4.90 Å². The van der Waals surface area contributed by atoms with Crippen LogP contribution in [0.1, 0.15) is 20.6 Å². The molecule has 0 N–H and O–H groups in total. The quantitative estimate of drug-likeness (QED) is 0.159. The van der Waals surface area contributed by atoms with Gasteiger partial charge in [0.25, 0.3) is 0 Å². The Hall–Kier alpha value is -7.22. The van der Waals surface area contributed by atoms with Crippen molar-refractivity contribution in [1.29, 1.82) is 0 Å². The molecule has 0 radical (unpaired) electrons. The maximum absolute atomic E-state index is 9.80. The van der Waals surface area contributed by atoms with Gasteiger partial charge in [0.05, 0.1) is 26.2 Å². The number of fused-ring (bicyclic) bond motifs is 3. The Morgan fingerprint density at radius 3 is 1.67 bits per heavy atom. The minimum absolute atomic E-state index is 0.114. The van der Waals surface area contributed by atoms with E-state index < -0.39 is 118 Å². The van der Waals surface area contributed by atoms with Crippen LogP contribution >= 0.6 is 0 Å². The molecule has 10 aromatic carbocycles. The average molecular weight is 715 g/mol. The SMILES string of the molecule is [2H]c1c([2H])c(N(c2c([2H])c([2H])c(-c3c(-c4ccccc4)ccc4ccccc34)c([2H])c2[2H])c2c([2H])c([2H])c([2H])c3c([2H])c([2H])c([2H])c([2H])c23)c([2H])c([2H])c1-c1ccc(-c2ccc3ccccc3c2)cc1. The van der Waals surface area contributed by atoms with Gasteiger partial charge in [0, 0.05) is 16.8 Å². The minimum atomic E-state index is -0.867. The van der Waals surface area contributed by atoms with Crippen LogP contribution in [0.4, 0.5) is 17.1 Å². The maximum atomic E-state index is 9.80. The number of rotatable bonds is 7. The molecule has 10 rings (SSSR count). The lowest BCUT2D eigenvalue weighted by atomic mass is 9.89. The molecule has 10 aromatic rings. The summed E-state index contributed by atoms with van der Waals surface area (Å²) in [5.74, 6) is 0. The van der Waals surface area contributed by atoms with Gasteiger partial charge >= 0.3 is 0 Å². The number of hydrogen-bond acceptors (Lipinski definition) is 1. The molecule has 0 saturated carbocycles. The van der Waals surface area contributed by atoms with Gasteiger partial charge in [-0.05, 0) is 108 Å². The summed E-state index contributed by atoms with van der Waals surface area (Å²) in [5, 5.41) is 2.38. The Bertz CT molecular complexity index is 3770. The molecule has 0 aromatic heterocycles. The van der Waals surface area contributed by atoms with Crippen LogP contribution in [0.25, 0.3) is 76.8 Å². The summed E-state index contributed by atoms with van der Waals surface area (Å²) in [7, 11) is 0. The lowest BCUT2D eigenvalue weighted by molar-refractivity contribution is 1.30. The smallest absolute Gasteiger partial charge is 0.0645 e. The van der Waals surface area contributed by atoms with E-state index in [4.69, 9.17) is 8.22 Å². The van der Waals surface area contributed by atoms with Crippen LogP contribution in [0.5, 0.6) is 0 Å². The van der Waals surface area contributed by atoms with Crippen molar-refractivity contribution in [2.45, 2.75) is 0 Å². The van der Waals surface area contributed by atoms with Gasteiger partial charge in [0.2, 0.25) is 0 Å². The summed E-state index contributed by atoms with van der Waals surface area (Å²) in [5.41, 5.74) is 1.44. The molecule has 1 heteroatoms. The molecule has 0 fully saturated rings. The summed E-state index contributed by atoms with van der Waals surface area (Å²) < 4.78 is 140. The number of benzene rings is 10. The van der Waals surface area contributed by atoms with Crippen molar-refractivity contribution >= 4 is 49.4 Å². The van der Waals surface area contributed by atoms with E-state index in [-0.39, 0.29) is 11.1 Å². The van der Waals surface area contributed by atoms with Crippen LogP contribution in [0.2, 0.25) is 0 Å². The second-order valence-corrected chi connectivity index (χ2v) is 13.0. The van der Waals surface area contributed by atoms with Gasteiger partial charge in [0.15, 0.2) is 0 Å². The van der Waals surface area contributed by atoms with Crippen LogP contribution in [-0.2, 0) is 0 Å². The van der Waals surface area contributed by atoms with Crippen LogP contribution in [0.3, 0.4) is 0 Å². The molecule has 55 heavy (non-hydrogen) atoms. The molecule has 0 unspecified atom stereocenters. The summed E-state index contributed by atoms with van der Waals surface area (Å²) in [4.78, 5) is 0.780. The fourth-order valence-electron chi connectivity index (χ4n) is 7.00. The van der Waals surface area contributed by atoms with Crippen molar-refractivity contribution < 1.29 is 20.6 Å². The van der Waals surface area contributed by atoms with Crippen molar-refractivity contribution in [2.75, 3.05) is 4.90 Å². The third kappa shape index (κ3) is 6.12. The highest BCUT2D eigenvalue weighted by atomic mass is 15.1. The van der Waals surface area contributed by atoms with Crippen molar-refractivity contribution in [2.24, 2.45) is 0 Å². The lowest BCUT2D eigenvalue weighted by Crippen LogP contribution is -2.10. The zero-order chi connectivity index (χ0) is 49.6. The monoisotopic (exact) mass is 714 g/mol. The molecule has 0 amide bonds. The van der Waals surface area contributed by atoms with Crippen LogP contribution < -0.4 is 4.90 Å². The molecule has 0 atom stereocenters. The molecule has 0 aliphatic heterocycles. The fourth-order valence-corrected chi connectivity index (χ4v) is 7.00. The number of anilines is 3. The largest absolute Gasteiger partial charge is 0.310 e. The van der Waals surface area contributed by atoms with E-state index >= 15 is 0 Å². The topological polar surface area (TPSA) is 3.24 Å². The first-order valence-corrected chi connectivity index (χ1v) is 17.7. The van der Waals surface area contributed by atoms with Gasteiger partial charge in [-0.1, -0.05) is 188 Å². The maximum Gasteiger partial charge on any atom is 0.0645 e. The molecule has 0 heterocycles. The van der Waals surface area contributed by atoms with Crippen LogP contribution in [0.15, 0.2) is 224 Å². The Morgan fingerprint density at radius 1 is 0.327 bits per heavy atom. The first kappa shape index (κ1) is 20.3. The zero-order valence-corrected chi connectivity index (χ0v) is 29.1. The molecular weight excluding hydrogens is 663 g/mol. The molecule has 0 aliphatic carbocycles. The van der Waals surface area contributed by atoms with E-state index in [1.54, 1.807) is 36.4 Å². The van der Waals surface area contributed by atoms with Gasteiger partial charge in [-0.3, -0.25) is 0 Å². The van der Waals surface area contributed by atoms with Gasteiger partial charge in [0.1, 0.15) is 0 Å². The number of hydrogen-bond donors (Lipinski definition) is 0. The van der Waals surface area contributed by atoms with E-state index in [0.717, 1.165) is 37.7 Å². The highest BCUT2D eigenvalue weighted by molar-refractivity contribution is 6.05. The van der Waals surface area contributed by atoms with E-state index in [9.17, 15) is 12.3 Å². The molecule has 0 saturated heterocycles. The Kier molecular flexibility index (Phi) is 5.15. The van der Waals surface area contributed by atoms with Crippen LogP contribution in [0, 0.1) is 0 Å². The average Bonchev–Trinajstić information content (AvgIpc) is 3.38. The van der Waals surface area contributed by atoms with Gasteiger partial charge in [-0.2, -0.15) is 0 Å². The van der Waals surface area contributed by atoms with Crippen LogP contribution in [-0.4, -0.2) is 0 Å². The van der Waals surface area contributed by atoms with Crippen molar-refractivity contribution in [3.8, 4) is 44.5 Å². The molecule has 1 nitrogen and oxygen atoms in total. The Morgan fingerprint density at radius 2 is 0.909 bits per heavy atom. The molecule has 0 bridgehead atoms. The third-order valence-corrected chi connectivity index (χ3v) is 9.71. The highest BCUT2D eigenvalue weighted by Gasteiger charge is 2.17. The highest BCUT2D eigenvalue weighted by Crippen LogP contribution is 2.43. The molecular formula is C54H37N. The van der Waals surface area contributed by atoms with E-state index in [0.29, 0.717) is 22.1 Å². The standard InChI is InChI=1S/C54H37N/c1-2-12-43(13-3-1)52-36-31-44-15-7-9-19-51(44)54(52)45-29-34-49(35-30-45)55(53-20-10-17-42-14-6-8-18-50(42)53)48-32-27-40(28-33-48)39-21-23-41(24-22-39)47-26-25-38-11-4-5-16-46(38)37-47/h1-37H/i6D,8D,10D,14D,17D,18D,20D,27D,28D,29D,30D,32D,33D,34D,35D.